The molecule has 0 aliphatic carbocycles. The number of nitrogens with one attached hydrogen (secondary N) is 2. The predicted molar refractivity (Wildman–Crippen MR) is 128 cm³/mol. The second-order valence-electron chi connectivity index (χ2n) is 9.31. The number of ether oxygens (including phenoxy) is 1. The van der Waals surface area contributed by atoms with Crippen LogP contribution in [0.2, 0.25) is 0 Å². The Bertz CT molecular complexity index is 1630. The maximum Gasteiger partial charge on any atom is 0.434 e. The largest absolute Gasteiger partial charge is 0.444 e. The van der Waals surface area contributed by atoms with E-state index in [-0.39, 0.29) is 4.68 Å². The van der Waals surface area contributed by atoms with Crippen molar-refractivity contribution in [3.63, 3.8) is 0 Å². The zero-order valence-corrected chi connectivity index (χ0v) is 21.5. The number of hydrogen-bond acceptors (Lipinski definition) is 8. The lowest BCUT2D eigenvalue weighted by Crippen LogP contribution is -2.28. The van der Waals surface area contributed by atoms with Gasteiger partial charge in [-0.2, -0.15) is 41.6 Å². The Kier molecular flexibility index (Phi) is 7.62. The fourth-order valence-corrected chi connectivity index (χ4v) is 3.42. The van der Waals surface area contributed by atoms with Crippen molar-refractivity contribution in [1.29, 1.82) is 0 Å². The minimum Gasteiger partial charge on any atom is -0.444 e. The average Bonchev–Trinajstić information content (AvgIpc) is 3.54. The lowest BCUT2D eigenvalue weighted by atomic mass is 10.2. The van der Waals surface area contributed by atoms with Gasteiger partial charge in [0.15, 0.2) is 29.0 Å². The van der Waals surface area contributed by atoms with E-state index in [2.05, 4.69) is 25.3 Å². The van der Waals surface area contributed by atoms with E-state index in [1.54, 1.807) is 0 Å². The number of anilines is 2. The number of halogens is 7. The molecular weight excluding hydrogens is 583 g/mol. The maximum absolute atomic E-state index is 14.3. The molecular formula is C23H18F7N9O3. The Morgan fingerprint density at radius 1 is 0.905 bits per heavy atom. The van der Waals surface area contributed by atoms with Crippen LogP contribution < -0.4 is 10.6 Å². The molecule has 2 amide bonds. The molecule has 12 nitrogen and oxygen atoms in total. The number of aromatic nitrogens is 7. The number of amides is 2. The van der Waals surface area contributed by atoms with Crippen LogP contribution in [-0.2, 0) is 17.1 Å². The van der Waals surface area contributed by atoms with Crippen LogP contribution >= 0.6 is 0 Å². The molecule has 4 aromatic heterocycles. The molecule has 0 aliphatic heterocycles. The Morgan fingerprint density at radius 2 is 1.57 bits per heavy atom. The van der Waals surface area contributed by atoms with Crippen LogP contribution in [0, 0.1) is 5.82 Å². The van der Waals surface area contributed by atoms with Crippen LogP contribution in [0.15, 0.2) is 43.0 Å². The van der Waals surface area contributed by atoms with Crippen LogP contribution in [0.1, 0.15) is 42.4 Å². The molecule has 0 saturated carbocycles. The summed E-state index contributed by atoms with van der Waals surface area (Å²) in [4.78, 5) is 32.7. The Morgan fingerprint density at radius 3 is 2.17 bits per heavy atom. The quantitative estimate of drug-likeness (QED) is 0.304. The Hall–Kier alpha value is -5.10. The van der Waals surface area contributed by atoms with Gasteiger partial charge in [0.1, 0.15) is 11.2 Å². The highest BCUT2D eigenvalue weighted by Crippen LogP contribution is 2.36. The standard InChI is InChI=1S/C23H18F7N9O3/c1-21(2,3)42-20(41)37-17-14(24)4-5-15(36-17)38-16(23(28,29)30)12(10-34-38)19(40)35-11-8-13(22(25,26)27)18(31-9-11)39-32-6-7-33-39/h4-10H,1-3H3,(H,35,40)(H,36,37,41). The summed E-state index contributed by atoms with van der Waals surface area (Å²) in [5.41, 5.74) is -5.78. The summed E-state index contributed by atoms with van der Waals surface area (Å²) in [6.45, 7) is 4.55. The van der Waals surface area contributed by atoms with Crippen molar-refractivity contribution in [2.45, 2.75) is 38.7 Å². The highest BCUT2D eigenvalue weighted by Gasteiger charge is 2.41. The highest BCUT2D eigenvalue weighted by atomic mass is 19.4. The zero-order valence-electron chi connectivity index (χ0n) is 21.5. The average molecular weight is 601 g/mol. The lowest BCUT2D eigenvalue weighted by Gasteiger charge is -2.19. The molecule has 4 heterocycles. The molecule has 2 N–H and O–H groups in total. The van der Waals surface area contributed by atoms with E-state index in [0.29, 0.717) is 23.1 Å². The van der Waals surface area contributed by atoms with Crippen molar-refractivity contribution < 1.29 is 45.1 Å². The smallest absolute Gasteiger partial charge is 0.434 e. The number of rotatable bonds is 5. The van der Waals surface area contributed by atoms with E-state index in [4.69, 9.17) is 4.74 Å². The number of nitrogens with zero attached hydrogens (tertiary/aromatic N) is 7. The van der Waals surface area contributed by atoms with Crippen LogP contribution in [-0.4, -0.2) is 52.3 Å². The van der Waals surface area contributed by atoms with Gasteiger partial charge in [0.25, 0.3) is 5.91 Å². The van der Waals surface area contributed by atoms with Gasteiger partial charge in [-0.15, -0.1) is 4.80 Å². The molecule has 0 bridgehead atoms. The van der Waals surface area contributed by atoms with Gasteiger partial charge in [0.2, 0.25) is 0 Å². The molecule has 0 aromatic carbocycles. The van der Waals surface area contributed by atoms with E-state index in [0.717, 1.165) is 24.7 Å². The van der Waals surface area contributed by atoms with E-state index in [1.165, 1.54) is 20.8 Å². The Labute approximate surface area is 230 Å². The van der Waals surface area contributed by atoms with Crippen molar-refractivity contribution >= 4 is 23.5 Å². The summed E-state index contributed by atoms with van der Waals surface area (Å²) in [7, 11) is 0. The molecule has 0 unspecified atom stereocenters. The maximum atomic E-state index is 14.3. The van der Waals surface area contributed by atoms with Gasteiger partial charge >= 0.3 is 18.4 Å². The molecule has 4 rings (SSSR count). The first-order valence-corrected chi connectivity index (χ1v) is 11.5. The van der Waals surface area contributed by atoms with Crippen molar-refractivity contribution in [1.82, 2.24) is 34.7 Å². The molecule has 19 heteroatoms. The summed E-state index contributed by atoms with van der Waals surface area (Å²) in [6, 6.07) is 1.93. The first-order valence-electron chi connectivity index (χ1n) is 11.5. The van der Waals surface area contributed by atoms with Gasteiger partial charge in [-0.1, -0.05) is 0 Å². The van der Waals surface area contributed by atoms with Gasteiger partial charge in [-0.25, -0.2) is 23.8 Å². The van der Waals surface area contributed by atoms with E-state index >= 15 is 0 Å². The van der Waals surface area contributed by atoms with Gasteiger partial charge in [0.05, 0.1) is 36.0 Å². The third kappa shape index (κ3) is 6.61. The molecule has 0 saturated heterocycles. The fourth-order valence-electron chi connectivity index (χ4n) is 3.42. The third-order valence-electron chi connectivity index (χ3n) is 4.99. The molecule has 4 aromatic rings. The lowest BCUT2D eigenvalue weighted by molar-refractivity contribution is -0.143. The normalized spacial score (nSPS) is 12.2. The highest BCUT2D eigenvalue weighted by molar-refractivity contribution is 6.05. The monoisotopic (exact) mass is 601 g/mol. The molecule has 0 fully saturated rings. The van der Waals surface area contributed by atoms with E-state index < -0.39 is 75.7 Å². The number of alkyl halides is 6. The summed E-state index contributed by atoms with van der Waals surface area (Å²) in [5, 5.41) is 14.6. The van der Waals surface area contributed by atoms with Crippen LogP contribution in [0.5, 0.6) is 0 Å². The molecule has 222 valence electrons. The van der Waals surface area contributed by atoms with Crippen molar-refractivity contribution in [2.24, 2.45) is 0 Å². The number of carbonyl (C=O) groups is 2. The van der Waals surface area contributed by atoms with Gasteiger partial charge in [-0.3, -0.25) is 10.1 Å². The first kappa shape index (κ1) is 29.9. The zero-order chi connectivity index (χ0) is 31.0. The predicted octanol–water partition coefficient (Wildman–Crippen LogP) is 5.02. The second-order valence-corrected chi connectivity index (χ2v) is 9.31. The van der Waals surface area contributed by atoms with Gasteiger partial charge in [0, 0.05) is 0 Å². The van der Waals surface area contributed by atoms with Crippen molar-refractivity contribution in [3.05, 3.63) is 65.6 Å². The first-order chi connectivity index (χ1) is 19.4. The minimum atomic E-state index is -5.26. The Balaban J connectivity index is 1.69. The summed E-state index contributed by atoms with van der Waals surface area (Å²) < 4.78 is 103. The van der Waals surface area contributed by atoms with Crippen molar-refractivity contribution in [3.8, 4) is 11.6 Å². The van der Waals surface area contributed by atoms with Crippen LogP contribution in [0.3, 0.4) is 0 Å². The van der Waals surface area contributed by atoms with E-state index in [1.807, 2.05) is 10.6 Å². The van der Waals surface area contributed by atoms with Crippen LogP contribution in [0.4, 0.5) is 47.0 Å². The SMILES string of the molecule is CC(C)(C)OC(=O)Nc1nc(-n2ncc(C(=O)Nc3cnc(-n4nccn4)c(C(F)(F)F)c3)c2C(F)(F)F)ccc1F. The molecule has 0 aliphatic rings. The number of hydrogen-bond donors (Lipinski definition) is 2. The van der Waals surface area contributed by atoms with Crippen LogP contribution in [0.25, 0.3) is 11.6 Å². The number of pyridine rings is 2. The molecule has 42 heavy (non-hydrogen) atoms. The molecule has 0 atom stereocenters. The van der Waals surface area contributed by atoms with Crippen molar-refractivity contribution in [2.75, 3.05) is 10.6 Å². The summed E-state index contributed by atoms with van der Waals surface area (Å²) in [5.74, 6) is -4.82. The van der Waals surface area contributed by atoms with E-state index in [9.17, 15) is 40.3 Å². The summed E-state index contributed by atoms with van der Waals surface area (Å²) in [6.07, 6.45) is -7.96. The van der Waals surface area contributed by atoms with Gasteiger partial charge in [-0.05, 0) is 39.0 Å². The topological polar surface area (TPSA) is 142 Å². The third-order valence-corrected chi connectivity index (χ3v) is 4.99. The molecule has 0 radical (unpaired) electrons. The van der Waals surface area contributed by atoms with Gasteiger partial charge < -0.3 is 10.1 Å². The fraction of sp³-hybridized carbons (Fsp3) is 0.261. The number of carbonyl (C=O) groups excluding carboxylic acids is 2. The summed E-state index contributed by atoms with van der Waals surface area (Å²) >= 11 is 0. The molecule has 0 spiro atoms. The minimum absolute atomic E-state index is 0.153. The second kappa shape index (κ2) is 10.7.